The fourth-order valence-corrected chi connectivity index (χ4v) is 4.04. The van der Waals surface area contributed by atoms with Gasteiger partial charge in [-0.1, -0.05) is 6.92 Å². The van der Waals surface area contributed by atoms with E-state index in [2.05, 4.69) is 41.1 Å². The number of hydrogen-bond donors (Lipinski definition) is 2. The summed E-state index contributed by atoms with van der Waals surface area (Å²) in [6, 6.07) is 6.30. The molecule has 1 aromatic rings. The van der Waals surface area contributed by atoms with E-state index in [9.17, 15) is 9.90 Å². The van der Waals surface area contributed by atoms with Gasteiger partial charge in [0.05, 0.1) is 6.54 Å². The summed E-state index contributed by atoms with van der Waals surface area (Å²) in [4.78, 5) is 17.0. The van der Waals surface area contributed by atoms with Gasteiger partial charge in [-0.3, -0.25) is 9.69 Å². The van der Waals surface area contributed by atoms with Gasteiger partial charge >= 0.3 is 0 Å². The van der Waals surface area contributed by atoms with Gasteiger partial charge in [-0.15, -0.1) is 0 Å². The summed E-state index contributed by atoms with van der Waals surface area (Å²) in [5.74, 6) is 0.0270. The van der Waals surface area contributed by atoms with E-state index in [1.807, 2.05) is 6.07 Å². The lowest BCUT2D eigenvalue weighted by atomic mass is 9.83. The highest BCUT2D eigenvalue weighted by Crippen LogP contribution is 2.29. The van der Waals surface area contributed by atoms with Gasteiger partial charge in [-0.2, -0.15) is 0 Å². The van der Waals surface area contributed by atoms with E-state index in [1.54, 1.807) is 0 Å². The Morgan fingerprint density at radius 1 is 1.24 bits per heavy atom. The van der Waals surface area contributed by atoms with Crippen LogP contribution in [0.2, 0.25) is 0 Å². The third-order valence-electron chi connectivity index (χ3n) is 5.56. The average molecular weight is 345 g/mol. The zero-order chi connectivity index (χ0) is 17.9. The Morgan fingerprint density at radius 3 is 2.68 bits per heavy atom. The minimum atomic E-state index is -0.0776. The Morgan fingerprint density at radius 2 is 2.00 bits per heavy atom. The summed E-state index contributed by atoms with van der Waals surface area (Å²) in [7, 11) is 0. The number of aryl methyl sites for hydroxylation is 1. The largest absolute Gasteiger partial charge is 0.396 e. The van der Waals surface area contributed by atoms with Crippen molar-refractivity contribution in [3.8, 4) is 0 Å². The highest BCUT2D eigenvalue weighted by Gasteiger charge is 2.31. The number of nitrogens with one attached hydrogen (secondary N) is 1. The number of carbonyl (C=O) groups is 1. The first-order chi connectivity index (χ1) is 12.0. The molecule has 1 amide bonds. The van der Waals surface area contributed by atoms with Crippen molar-refractivity contribution in [3.63, 3.8) is 0 Å². The maximum atomic E-state index is 12.4. The van der Waals surface area contributed by atoms with Crippen LogP contribution in [-0.4, -0.2) is 55.2 Å². The molecule has 1 unspecified atom stereocenters. The predicted molar refractivity (Wildman–Crippen MR) is 102 cm³/mol. The second kappa shape index (κ2) is 7.75. The predicted octanol–water partition coefficient (Wildman–Crippen LogP) is 2.63. The van der Waals surface area contributed by atoms with Crippen LogP contribution in [0.1, 0.15) is 38.2 Å². The second-order valence-electron chi connectivity index (χ2n) is 8.02. The van der Waals surface area contributed by atoms with Crippen LogP contribution in [0.15, 0.2) is 18.2 Å². The Kier molecular flexibility index (Phi) is 5.64. The van der Waals surface area contributed by atoms with Crippen molar-refractivity contribution in [3.05, 3.63) is 23.8 Å². The fraction of sp³-hybridized carbons (Fsp3) is 0.650. The van der Waals surface area contributed by atoms with E-state index in [0.29, 0.717) is 6.54 Å². The molecule has 0 aromatic heterocycles. The summed E-state index contributed by atoms with van der Waals surface area (Å²) in [6.45, 7) is 8.69. The van der Waals surface area contributed by atoms with E-state index in [4.69, 9.17) is 0 Å². The highest BCUT2D eigenvalue weighted by atomic mass is 16.3. The van der Waals surface area contributed by atoms with Crippen LogP contribution in [0.3, 0.4) is 0 Å². The molecule has 0 radical (unpaired) electrons. The van der Waals surface area contributed by atoms with Gasteiger partial charge in [0.1, 0.15) is 0 Å². The lowest BCUT2D eigenvalue weighted by Gasteiger charge is -2.38. The molecule has 2 heterocycles. The smallest absolute Gasteiger partial charge is 0.238 e. The molecule has 3 rings (SSSR count). The monoisotopic (exact) mass is 345 g/mol. The number of rotatable bonds is 5. The molecule has 2 N–H and O–H groups in total. The van der Waals surface area contributed by atoms with E-state index >= 15 is 0 Å². The molecule has 2 aliphatic heterocycles. The summed E-state index contributed by atoms with van der Waals surface area (Å²) in [6.07, 6.45) is 4.59. The molecular formula is C20H31N3O2. The summed E-state index contributed by atoms with van der Waals surface area (Å²) in [5, 5.41) is 12.6. The number of anilines is 2. The Hall–Kier alpha value is -1.59. The van der Waals surface area contributed by atoms with Gasteiger partial charge in [-0.25, -0.2) is 0 Å². The molecule has 1 atom stereocenters. The van der Waals surface area contributed by atoms with E-state index in [0.717, 1.165) is 50.3 Å². The number of likely N-dealkylation sites (tertiary alicyclic amines) is 1. The fourth-order valence-electron chi connectivity index (χ4n) is 4.04. The lowest BCUT2D eigenvalue weighted by molar-refractivity contribution is -0.118. The number of hydrogen-bond acceptors (Lipinski definition) is 4. The van der Waals surface area contributed by atoms with Crippen LogP contribution in [0.25, 0.3) is 0 Å². The number of aliphatic hydroxyl groups excluding tert-OH is 1. The quantitative estimate of drug-likeness (QED) is 0.861. The average Bonchev–Trinajstić information content (AvgIpc) is 3.11. The second-order valence-corrected chi connectivity index (χ2v) is 8.02. The van der Waals surface area contributed by atoms with Gasteiger partial charge in [-0.05, 0) is 62.9 Å². The lowest BCUT2D eigenvalue weighted by Crippen LogP contribution is -2.46. The molecule has 0 bridgehead atoms. The number of amides is 1. The first kappa shape index (κ1) is 18.2. The van der Waals surface area contributed by atoms with E-state index < -0.39 is 0 Å². The summed E-state index contributed by atoms with van der Waals surface area (Å²) >= 11 is 0. The van der Waals surface area contributed by atoms with Crippen LogP contribution in [0.4, 0.5) is 11.4 Å². The number of carbonyl (C=O) groups excluding carboxylic acids is 1. The van der Waals surface area contributed by atoms with E-state index in [-0.39, 0.29) is 17.9 Å². The molecule has 0 saturated carbocycles. The van der Waals surface area contributed by atoms with Crippen LogP contribution in [0, 0.1) is 12.3 Å². The van der Waals surface area contributed by atoms with Crippen molar-refractivity contribution in [1.29, 1.82) is 0 Å². The maximum Gasteiger partial charge on any atom is 0.238 e. The van der Waals surface area contributed by atoms with Crippen LogP contribution >= 0.6 is 0 Å². The SMILES string of the molecule is Cc1cc(N2CCCC2)ccc1NC(=O)CN1CCCC(C)(CO)C1. The third kappa shape index (κ3) is 4.53. The van der Waals surface area contributed by atoms with Gasteiger partial charge in [0.25, 0.3) is 0 Å². The first-order valence-corrected chi connectivity index (χ1v) is 9.48. The summed E-state index contributed by atoms with van der Waals surface area (Å²) in [5.41, 5.74) is 3.18. The van der Waals surface area contributed by atoms with Gasteiger partial charge < -0.3 is 15.3 Å². The topological polar surface area (TPSA) is 55.8 Å². The van der Waals surface area contributed by atoms with E-state index in [1.165, 1.54) is 18.5 Å². The third-order valence-corrected chi connectivity index (χ3v) is 5.56. The van der Waals surface area contributed by atoms with Gasteiger partial charge in [0, 0.05) is 43.0 Å². The van der Waals surface area contributed by atoms with Crippen LogP contribution in [0.5, 0.6) is 0 Å². The molecular weight excluding hydrogens is 314 g/mol. The number of piperidine rings is 1. The van der Waals surface area contributed by atoms with Crippen molar-refractivity contribution in [2.45, 2.75) is 39.5 Å². The highest BCUT2D eigenvalue weighted by molar-refractivity contribution is 5.93. The molecule has 5 nitrogen and oxygen atoms in total. The molecule has 1 aromatic carbocycles. The molecule has 25 heavy (non-hydrogen) atoms. The van der Waals surface area contributed by atoms with Gasteiger partial charge in [0.15, 0.2) is 0 Å². The molecule has 0 spiro atoms. The molecule has 138 valence electrons. The molecule has 2 aliphatic rings. The molecule has 0 aliphatic carbocycles. The maximum absolute atomic E-state index is 12.4. The molecule has 2 fully saturated rings. The summed E-state index contributed by atoms with van der Waals surface area (Å²) < 4.78 is 0. The van der Waals surface area contributed by atoms with Crippen molar-refractivity contribution in [2.75, 3.05) is 49.5 Å². The standard InChI is InChI=1S/C20H31N3O2/c1-16-12-17(23-10-3-4-11-23)6-7-18(16)21-19(25)13-22-9-5-8-20(2,14-22)15-24/h6-7,12,24H,3-5,8-11,13-15H2,1-2H3,(H,21,25). The van der Waals surface area contributed by atoms with Crippen molar-refractivity contribution in [2.24, 2.45) is 5.41 Å². The van der Waals surface area contributed by atoms with Gasteiger partial charge in [0.2, 0.25) is 5.91 Å². The minimum absolute atomic E-state index is 0.0270. The van der Waals surface area contributed by atoms with Crippen molar-refractivity contribution in [1.82, 2.24) is 4.90 Å². The number of nitrogens with zero attached hydrogens (tertiary/aromatic N) is 2. The Balaban J connectivity index is 1.57. The first-order valence-electron chi connectivity index (χ1n) is 9.48. The zero-order valence-corrected chi connectivity index (χ0v) is 15.6. The Bertz CT molecular complexity index is 613. The van der Waals surface area contributed by atoms with Crippen LogP contribution in [-0.2, 0) is 4.79 Å². The van der Waals surface area contributed by atoms with Crippen molar-refractivity contribution >= 4 is 17.3 Å². The molecule has 2 saturated heterocycles. The Labute approximate surface area is 151 Å². The molecule has 5 heteroatoms. The normalized spacial score (nSPS) is 24.5. The van der Waals surface area contributed by atoms with Crippen LogP contribution < -0.4 is 10.2 Å². The zero-order valence-electron chi connectivity index (χ0n) is 15.6. The minimum Gasteiger partial charge on any atom is -0.396 e. The number of benzene rings is 1. The van der Waals surface area contributed by atoms with Crippen molar-refractivity contribution < 1.29 is 9.90 Å². The number of aliphatic hydroxyl groups is 1.